The number of aryl methyl sites for hydroxylation is 1. The minimum absolute atomic E-state index is 0.0348. The monoisotopic (exact) mass is 340 g/mol. The molecular formula is C14H17FN4O3S. The minimum Gasteiger partial charge on any atom is -0.370 e. The highest BCUT2D eigenvalue weighted by Crippen LogP contribution is 2.33. The molecule has 0 aliphatic carbocycles. The predicted molar refractivity (Wildman–Crippen MR) is 79.4 cm³/mol. The van der Waals surface area contributed by atoms with Gasteiger partial charge in [-0.05, 0) is 12.5 Å². The molecule has 0 unspecified atom stereocenters. The molecule has 7 nitrogen and oxygen atoms in total. The Morgan fingerprint density at radius 1 is 1.48 bits per heavy atom. The van der Waals surface area contributed by atoms with E-state index in [0.717, 1.165) is 30.7 Å². The molecule has 1 aliphatic rings. The normalized spacial score (nSPS) is 21.7. The number of aromatic nitrogens is 3. The smallest absolute Gasteiger partial charge is 0.242 e. The predicted octanol–water partition coefficient (Wildman–Crippen LogP) is 1.01. The molecule has 2 aromatic heterocycles. The van der Waals surface area contributed by atoms with Crippen LogP contribution in [0, 0.1) is 11.7 Å². The number of hydrogen-bond acceptors (Lipinski definition) is 5. The summed E-state index contributed by atoms with van der Waals surface area (Å²) < 4.78 is 47.6. The van der Waals surface area contributed by atoms with E-state index < -0.39 is 15.8 Å². The summed E-state index contributed by atoms with van der Waals surface area (Å²) in [5, 5.41) is 0. The summed E-state index contributed by atoms with van der Waals surface area (Å²) >= 11 is 0. The Morgan fingerprint density at radius 2 is 2.30 bits per heavy atom. The largest absolute Gasteiger partial charge is 0.370 e. The van der Waals surface area contributed by atoms with Gasteiger partial charge in [-0.15, -0.1) is 0 Å². The highest BCUT2D eigenvalue weighted by Gasteiger charge is 2.33. The molecule has 1 aliphatic heterocycles. The van der Waals surface area contributed by atoms with Gasteiger partial charge in [0.25, 0.3) is 0 Å². The molecule has 2 aromatic rings. The Bertz CT molecular complexity index is 793. The lowest BCUT2D eigenvalue weighted by Crippen LogP contribution is -2.31. The maximum Gasteiger partial charge on any atom is 0.242 e. The molecule has 3 rings (SSSR count). The van der Waals surface area contributed by atoms with Crippen molar-refractivity contribution in [1.82, 2.24) is 19.3 Å². The molecule has 1 saturated heterocycles. The van der Waals surface area contributed by atoms with Gasteiger partial charge in [-0.2, -0.15) is 0 Å². The van der Waals surface area contributed by atoms with Gasteiger partial charge < -0.3 is 9.30 Å². The van der Waals surface area contributed by atoms with Crippen LogP contribution in [-0.4, -0.2) is 36.1 Å². The first-order valence-corrected chi connectivity index (χ1v) is 8.65. The first kappa shape index (κ1) is 16.0. The van der Waals surface area contributed by atoms with Crippen LogP contribution in [0.1, 0.15) is 18.3 Å². The molecule has 0 spiro atoms. The average Bonchev–Trinajstić information content (AvgIpc) is 3.13. The number of ether oxygens (including phenoxy) is 1. The van der Waals surface area contributed by atoms with Crippen molar-refractivity contribution >= 4 is 10.0 Å². The molecule has 3 heterocycles. The summed E-state index contributed by atoms with van der Waals surface area (Å²) in [7, 11) is -1.94. The summed E-state index contributed by atoms with van der Waals surface area (Å²) in [6.07, 6.45) is 6.03. The van der Waals surface area contributed by atoms with E-state index in [4.69, 9.17) is 4.74 Å². The average molecular weight is 340 g/mol. The second-order valence-corrected chi connectivity index (χ2v) is 7.19. The van der Waals surface area contributed by atoms with E-state index in [9.17, 15) is 12.8 Å². The third-order valence-corrected chi connectivity index (χ3v) is 5.24. The lowest BCUT2D eigenvalue weighted by atomic mass is 10.0. The van der Waals surface area contributed by atoms with Crippen molar-refractivity contribution in [2.75, 3.05) is 13.2 Å². The standard InChI is InChI=1S/C14H17FN4O3S/c1-19-4-3-17-14(19)13-10(2-5-22-13)7-18-23(20,21)12-6-11(15)8-16-9-12/h3-4,6,8-10,13,18H,2,5,7H2,1H3/t10-,13+/m0/s1. The maximum absolute atomic E-state index is 13.1. The number of imidazole rings is 1. The lowest BCUT2D eigenvalue weighted by molar-refractivity contribution is 0.0823. The fourth-order valence-corrected chi connectivity index (χ4v) is 3.69. The third-order valence-electron chi connectivity index (χ3n) is 3.85. The van der Waals surface area contributed by atoms with E-state index in [1.54, 1.807) is 6.20 Å². The summed E-state index contributed by atoms with van der Waals surface area (Å²) in [5.74, 6) is 0.0366. The zero-order valence-electron chi connectivity index (χ0n) is 12.5. The van der Waals surface area contributed by atoms with Gasteiger partial charge in [0.2, 0.25) is 10.0 Å². The van der Waals surface area contributed by atoms with Crippen LogP contribution in [0.3, 0.4) is 0 Å². The van der Waals surface area contributed by atoms with E-state index in [-0.39, 0.29) is 23.5 Å². The molecule has 0 saturated carbocycles. The third kappa shape index (κ3) is 3.41. The van der Waals surface area contributed by atoms with Crippen LogP contribution >= 0.6 is 0 Å². The summed E-state index contributed by atoms with van der Waals surface area (Å²) in [4.78, 5) is 7.64. The second-order valence-electron chi connectivity index (χ2n) is 5.43. The van der Waals surface area contributed by atoms with Gasteiger partial charge in [0.05, 0.1) is 6.20 Å². The Hall–Kier alpha value is -1.84. The number of nitrogens with one attached hydrogen (secondary N) is 1. The molecule has 124 valence electrons. The van der Waals surface area contributed by atoms with Crippen LogP contribution in [0.15, 0.2) is 35.7 Å². The summed E-state index contributed by atoms with van der Waals surface area (Å²) in [6.45, 7) is 0.738. The molecule has 1 fully saturated rings. The SMILES string of the molecule is Cn1ccnc1[C@@H]1OCC[C@H]1CNS(=O)(=O)c1cncc(F)c1. The summed E-state index contributed by atoms with van der Waals surface area (Å²) in [6, 6.07) is 0.941. The number of pyridine rings is 1. The zero-order chi connectivity index (χ0) is 16.4. The Labute approximate surface area is 133 Å². The fraction of sp³-hybridized carbons (Fsp3) is 0.429. The first-order valence-electron chi connectivity index (χ1n) is 7.16. The van der Waals surface area contributed by atoms with Crippen molar-refractivity contribution in [2.45, 2.75) is 17.4 Å². The number of halogens is 1. The topological polar surface area (TPSA) is 86.1 Å². The first-order chi connectivity index (χ1) is 11.0. The zero-order valence-corrected chi connectivity index (χ0v) is 13.3. The molecular weight excluding hydrogens is 323 g/mol. The van der Waals surface area contributed by atoms with Crippen LogP contribution in [0.25, 0.3) is 0 Å². The molecule has 0 aromatic carbocycles. The van der Waals surface area contributed by atoms with Gasteiger partial charge in [0, 0.05) is 44.7 Å². The van der Waals surface area contributed by atoms with Crippen molar-refractivity contribution in [3.8, 4) is 0 Å². The number of nitrogens with zero attached hydrogens (tertiary/aromatic N) is 3. The van der Waals surface area contributed by atoms with Crippen LogP contribution in [-0.2, 0) is 21.8 Å². The Balaban J connectivity index is 1.71. The van der Waals surface area contributed by atoms with Crippen molar-refractivity contribution in [1.29, 1.82) is 0 Å². The molecule has 0 radical (unpaired) electrons. The van der Waals surface area contributed by atoms with E-state index in [0.29, 0.717) is 6.61 Å². The van der Waals surface area contributed by atoms with E-state index >= 15 is 0 Å². The fourth-order valence-electron chi connectivity index (χ4n) is 2.62. The molecule has 9 heteroatoms. The molecule has 23 heavy (non-hydrogen) atoms. The van der Waals surface area contributed by atoms with Gasteiger partial charge in [0.15, 0.2) is 0 Å². The molecule has 1 N–H and O–H groups in total. The quantitative estimate of drug-likeness (QED) is 0.878. The number of rotatable bonds is 5. The Kier molecular flexibility index (Phi) is 4.42. The van der Waals surface area contributed by atoms with Crippen molar-refractivity contribution < 1.29 is 17.5 Å². The van der Waals surface area contributed by atoms with Crippen LogP contribution < -0.4 is 4.72 Å². The van der Waals surface area contributed by atoms with E-state index in [1.165, 1.54) is 0 Å². The lowest BCUT2D eigenvalue weighted by Gasteiger charge is -2.18. The van der Waals surface area contributed by atoms with E-state index in [2.05, 4.69) is 14.7 Å². The maximum atomic E-state index is 13.1. The van der Waals surface area contributed by atoms with Crippen LogP contribution in [0.5, 0.6) is 0 Å². The Morgan fingerprint density at radius 3 is 3.00 bits per heavy atom. The molecule has 2 atom stereocenters. The van der Waals surface area contributed by atoms with Gasteiger partial charge in [0.1, 0.15) is 22.6 Å². The van der Waals surface area contributed by atoms with Gasteiger partial charge >= 0.3 is 0 Å². The van der Waals surface area contributed by atoms with Crippen molar-refractivity contribution in [2.24, 2.45) is 13.0 Å². The minimum atomic E-state index is -3.81. The highest BCUT2D eigenvalue weighted by atomic mass is 32.2. The van der Waals surface area contributed by atoms with Gasteiger partial charge in [-0.3, -0.25) is 4.98 Å². The van der Waals surface area contributed by atoms with Gasteiger partial charge in [-0.25, -0.2) is 22.5 Å². The summed E-state index contributed by atoms with van der Waals surface area (Å²) in [5.41, 5.74) is 0. The van der Waals surface area contributed by atoms with Crippen LogP contribution in [0.4, 0.5) is 4.39 Å². The van der Waals surface area contributed by atoms with Crippen molar-refractivity contribution in [3.05, 3.63) is 42.5 Å². The van der Waals surface area contributed by atoms with E-state index in [1.807, 2.05) is 17.8 Å². The van der Waals surface area contributed by atoms with Crippen molar-refractivity contribution in [3.63, 3.8) is 0 Å². The number of sulfonamides is 1. The van der Waals surface area contributed by atoms with Crippen LogP contribution in [0.2, 0.25) is 0 Å². The highest BCUT2D eigenvalue weighted by molar-refractivity contribution is 7.89. The molecule has 0 bridgehead atoms. The van der Waals surface area contributed by atoms with Gasteiger partial charge in [-0.1, -0.05) is 0 Å². The molecule has 0 amide bonds. The number of hydrogen-bond donors (Lipinski definition) is 1. The second kappa shape index (κ2) is 6.34.